The molecule has 4 atom stereocenters. The lowest BCUT2D eigenvalue weighted by atomic mass is 9.81. The number of benzene rings is 1. The second kappa shape index (κ2) is 5.62. The summed E-state index contributed by atoms with van der Waals surface area (Å²) < 4.78 is 20.5. The van der Waals surface area contributed by atoms with Gasteiger partial charge in [-0.2, -0.15) is 5.10 Å². The number of rotatable bonds is 3. The van der Waals surface area contributed by atoms with Crippen LogP contribution in [0.25, 0.3) is 0 Å². The van der Waals surface area contributed by atoms with Crippen LogP contribution in [0.1, 0.15) is 18.4 Å². The standard InChI is InChI=1S/C18H15ClFN3O3/c19-11-7-10(20)2-1-9(11)8-22-6-5-14(21-22)23-17(24)15-12-3-4-13(26-12)16(15)18(23)25/h1-2,5-7,12-13,15-16H,3-4,8H2/t12-,13-,15-,16-/m0/s1. The molecule has 0 unspecified atom stereocenters. The zero-order chi connectivity index (χ0) is 18.0. The first kappa shape index (κ1) is 16.0. The first-order valence-electron chi connectivity index (χ1n) is 8.53. The molecular formula is C18H15ClFN3O3. The summed E-state index contributed by atoms with van der Waals surface area (Å²) in [7, 11) is 0. The van der Waals surface area contributed by atoms with Crippen LogP contribution in [-0.4, -0.2) is 33.8 Å². The van der Waals surface area contributed by atoms with Crippen molar-refractivity contribution in [2.24, 2.45) is 11.8 Å². The van der Waals surface area contributed by atoms with E-state index in [2.05, 4.69) is 5.10 Å². The van der Waals surface area contributed by atoms with Crippen molar-refractivity contribution in [1.29, 1.82) is 0 Å². The molecule has 0 aliphatic carbocycles. The highest BCUT2D eigenvalue weighted by atomic mass is 35.5. The van der Waals surface area contributed by atoms with E-state index in [0.717, 1.165) is 12.8 Å². The lowest BCUT2D eigenvalue weighted by Gasteiger charge is -2.15. The summed E-state index contributed by atoms with van der Waals surface area (Å²) in [5, 5.41) is 4.66. The lowest BCUT2D eigenvalue weighted by Crippen LogP contribution is -2.34. The van der Waals surface area contributed by atoms with Crippen LogP contribution < -0.4 is 4.90 Å². The minimum Gasteiger partial charge on any atom is -0.373 e. The lowest BCUT2D eigenvalue weighted by molar-refractivity contribution is -0.124. The van der Waals surface area contributed by atoms with Crippen LogP contribution in [0.2, 0.25) is 5.02 Å². The summed E-state index contributed by atoms with van der Waals surface area (Å²) in [6.45, 7) is 0.316. The predicted octanol–water partition coefficient (Wildman–Crippen LogP) is 2.39. The number of hydrogen-bond acceptors (Lipinski definition) is 4. The van der Waals surface area contributed by atoms with Crippen LogP contribution in [0.3, 0.4) is 0 Å². The molecule has 2 amide bonds. The third-order valence-electron chi connectivity index (χ3n) is 5.49. The fourth-order valence-electron chi connectivity index (χ4n) is 4.32. The second-order valence-corrected chi connectivity index (χ2v) is 7.37. The monoisotopic (exact) mass is 375 g/mol. The molecule has 0 spiro atoms. The molecular weight excluding hydrogens is 361 g/mol. The molecule has 5 rings (SSSR count). The number of hydrogen-bond donors (Lipinski definition) is 0. The highest BCUT2D eigenvalue weighted by Crippen LogP contribution is 2.49. The van der Waals surface area contributed by atoms with Crippen LogP contribution in [-0.2, 0) is 20.9 Å². The molecule has 0 N–H and O–H groups in total. The highest BCUT2D eigenvalue weighted by molar-refractivity contribution is 6.31. The van der Waals surface area contributed by atoms with Crippen molar-refractivity contribution in [2.75, 3.05) is 4.90 Å². The zero-order valence-corrected chi connectivity index (χ0v) is 14.4. The van der Waals surface area contributed by atoms with Gasteiger partial charge in [0.2, 0.25) is 11.8 Å². The predicted molar refractivity (Wildman–Crippen MR) is 90.1 cm³/mol. The SMILES string of the molecule is O=C1[C@@H]2[C@@H](C(=O)N1c1ccn(Cc3ccc(F)cc3Cl)n1)[C@@H]1CC[C@@H]2O1. The van der Waals surface area contributed by atoms with Crippen molar-refractivity contribution in [3.63, 3.8) is 0 Å². The van der Waals surface area contributed by atoms with Crippen LogP contribution in [0.4, 0.5) is 10.2 Å². The Bertz CT molecular complexity index is 902. The first-order chi connectivity index (χ1) is 12.5. The number of aromatic nitrogens is 2. The Morgan fingerprint density at radius 1 is 1.15 bits per heavy atom. The van der Waals surface area contributed by atoms with Gasteiger partial charge < -0.3 is 4.74 Å². The second-order valence-electron chi connectivity index (χ2n) is 6.96. The average Bonchev–Trinajstić information content (AvgIpc) is 3.35. The molecule has 0 radical (unpaired) electrons. The number of imide groups is 1. The molecule has 26 heavy (non-hydrogen) atoms. The molecule has 3 saturated heterocycles. The third kappa shape index (κ3) is 2.23. The van der Waals surface area contributed by atoms with Crippen LogP contribution in [0.15, 0.2) is 30.5 Å². The minimum absolute atomic E-state index is 0.147. The van der Waals surface area contributed by atoms with Gasteiger partial charge in [0.05, 0.1) is 30.6 Å². The smallest absolute Gasteiger partial charge is 0.241 e. The van der Waals surface area contributed by atoms with Gasteiger partial charge in [-0.25, -0.2) is 9.29 Å². The van der Waals surface area contributed by atoms with E-state index in [4.69, 9.17) is 16.3 Å². The Morgan fingerprint density at radius 2 is 1.85 bits per heavy atom. The van der Waals surface area contributed by atoms with Crippen molar-refractivity contribution in [3.8, 4) is 0 Å². The molecule has 3 aliphatic heterocycles. The Balaban J connectivity index is 1.40. The Morgan fingerprint density at radius 3 is 2.50 bits per heavy atom. The van der Waals surface area contributed by atoms with Crippen molar-refractivity contribution in [2.45, 2.75) is 31.6 Å². The Hall–Kier alpha value is -2.25. The summed E-state index contributed by atoms with van der Waals surface area (Å²) in [6, 6.07) is 5.80. The number of halogens is 2. The van der Waals surface area contributed by atoms with E-state index in [1.807, 2.05) is 0 Å². The summed E-state index contributed by atoms with van der Waals surface area (Å²) in [4.78, 5) is 26.7. The number of nitrogens with zero attached hydrogens (tertiary/aromatic N) is 3. The summed E-state index contributed by atoms with van der Waals surface area (Å²) in [5.41, 5.74) is 0.699. The summed E-state index contributed by atoms with van der Waals surface area (Å²) in [6.07, 6.45) is 3.04. The zero-order valence-electron chi connectivity index (χ0n) is 13.6. The average molecular weight is 376 g/mol. The van der Waals surface area contributed by atoms with Gasteiger partial charge in [0.25, 0.3) is 0 Å². The Kier molecular flexibility index (Phi) is 3.45. The van der Waals surface area contributed by atoms with E-state index in [1.54, 1.807) is 23.0 Å². The normalized spacial score (nSPS) is 29.7. The maximum Gasteiger partial charge on any atom is 0.241 e. The number of anilines is 1. The van der Waals surface area contributed by atoms with E-state index in [9.17, 15) is 14.0 Å². The van der Waals surface area contributed by atoms with Crippen LogP contribution in [0.5, 0.6) is 0 Å². The minimum atomic E-state index is -0.406. The molecule has 1 aromatic heterocycles. The van der Waals surface area contributed by atoms with Gasteiger partial charge in [0, 0.05) is 17.3 Å². The number of amides is 2. The van der Waals surface area contributed by atoms with E-state index >= 15 is 0 Å². The van der Waals surface area contributed by atoms with Gasteiger partial charge in [-0.05, 0) is 30.5 Å². The van der Waals surface area contributed by atoms with Crippen molar-refractivity contribution in [3.05, 3.63) is 46.9 Å². The topological polar surface area (TPSA) is 64.4 Å². The van der Waals surface area contributed by atoms with Crippen LogP contribution >= 0.6 is 11.6 Å². The van der Waals surface area contributed by atoms with Crippen molar-refractivity contribution < 1.29 is 18.7 Å². The molecule has 2 bridgehead atoms. The molecule has 3 fully saturated rings. The Labute approximate surface area is 153 Å². The quantitative estimate of drug-likeness (QED) is 0.773. The molecule has 6 nitrogen and oxygen atoms in total. The van der Waals surface area contributed by atoms with Crippen LogP contribution in [0, 0.1) is 17.7 Å². The van der Waals surface area contributed by atoms with Gasteiger partial charge in [-0.15, -0.1) is 0 Å². The third-order valence-corrected chi connectivity index (χ3v) is 5.84. The maximum absolute atomic E-state index is 13.2. The van der Waals surface area contributed by atoms with Gasteiger partial charge in [0.1, 0.15) is 5.82 Å². The van der Waals surface area contributed by atoms with E-state index in [1.165, 1.54) is 17.0 Å². The molecule has 134 valence electrons. The molecule has 8 heteroatoms. The van der Waals surface area contributed by atoms with Gasteiger partial charge in [-0.1, -0.05) is 17.7 Å². The number of carbonyl (C=O) groups excluding carboxylic acids is 2. The molecule has 4 heterocycles. The molecule has 1 aromatic carbocycles. The van der Waals surface area contributed by atoms with Crippen molar-refractivity contribution in [1.82, 2.24) is 9.78 Å². The molecule has 2 aromatic rings. The molecule has 0 saturated carbocycles. The van der Waals surface area contributed by atoms with E-state index in [-0.39, 0.29) is 35.9 Å². The number of ether oxygens (including phenoxy) is 1. The van der Waals surface area contributed by atoms with Crippen molar-refractivity contribution >= 4 is 29.2 Å². The van der Waals surface area contributed by atoms with Gasteiger partial charge in [0.15, 0.2) is 5.82 Å². The van der Waals surface area contributed by atoms with E-state index < -0.39 is 5.82 Å². The summed E-state index contributed by atoms with van der Waals surface area (Å²) >= 11 is 6.05. The van der Waals surface area contributed by atoms with Gasteiger partial charge in [-0.3, -0.25) is 14.3 Å². The number of fused-ring (bicyclic) bond motifs is 5. The summed E-state index contributed by atoms with van der Waals surface area (Å²) in [5.74, 6) is -1.30. The fraction of sp³-hybridized carbons (Fsp3) is 0.389. The number of carbonyl (C=O) groups is 2. The van der Waals surface area contributed by atoms with Gasteiger partial charge >= 0.3 is 0 Å². The first-order valence-corrected chi connectivity index (χ1v) is 8.91. The largest absolute Gasteiger partial charge is 0.373 e. The maximum atomic E-state index is 13.2. The highest BCUT2D eigenvalue weighted by Gasteiger charge is 2.63. The molecule has 3 aliphatic rings. The van der Waals surface area contributed by atoms with E-state index in [0.29, 0.717) is 22.9 Å². The fourth-order valence-corrected chi connectivity index (χ4v) is 4.55.